The molecule has 0 unspecified atom stereocenters. The first-order valence-electron chi connectivity index (χ1n) is 7.29. The van der Waals surface area contributed by atoms with Gasteiger partial charge in [-0.05, 0) is 36.8 Å². The lowest BCUT2D eigenvalue weighted by Crippen LogP contribution is -2.45. The van der Waals surface area contributed by atoms with E-state index in [9.17, 15) is 18.0 Å². The summed E-state index contributed by atoms with van der Waals surface area (Å²) < 4.78 is 39.7. The molecule has 0 radical (unpaired) electrons. The Hall–Kier alpha value is -1.60. The van der Waals surface area contributed by atoms with E-state index in [1.165, 1.54) is 0 Å². The van der Waals surface area contributed by atoms with Gasteiger partial charge in [-0.3, -0.25) is 4.79 Å². The van der Waals surface area contributed by atoms with E-state index in [4.69, 9.17) is 11.5 Å². The number of rotatable bonds is 4. The number of hydrogen-bond donors (Lipinski definition) is 2. The Kier molecular flexibility index (Phi) is 5.42. The number of hydrogen-bond acceptors (Lipinski definition) is 3. The predicted octanol–water partition coefficient (Wildman–Crippen LogP) is 1.17. The number of nitrogens with zero attached hydrogens (tertiary/aromatic N) is 1. The van der Waals surface area contributed by atoms with Crippen LogP contribution in [0.4, 0.5) is 13.2 Å². The van der Waals surface area contributed by atoms with E-state index >= 15 is 0 Å². The second-order valence-corrected chi connectivity index (χ2v) is 5.65. The van der Waals surface area contributed by atoms with Crippen molar-refractivity contribution < 1.29 is 18.0 Å². The monoisotopic (exact) mass is 315 g/mol. The summed E-state index contributed by atoms with van der Waals surface area (Å²) in [6.07, 6.45) is 1.52. The molecule has 1 aliphatic heterocycles. The molecule has 0 aromatic heterocycles. The van der Waals surface area contributed by atoms with E-state index in [0.29, 0.717) is 32.0 Å². The summed E-state index contributed by atoms with van der Waals surface area (Å²) in [6, 6.07) is 1.03. The van der Waals surface area contributed by atoms with Crippen molar-refractivity contribution in [2.24, 2.45) is 17.4 Å². The zero-order valence-electron chi connectivity index (χ0n) is 12.2. The Morgan fingerprint density at radius 3 is 2.36 bits per heavy atom. The van der Waals surface area contributed by atoms with E-state index < -0.39 is 17.5 Å². The first-order chi connectivity index (χ1) is 10.4. The summed E-state index contributed by atoms with van der Waals surface area (Å²) in [5.74, 6) is -3.06. The lowest BCUT2D eigenvalue weighted by molar-refractivity contribution is -0.131. The van der Waals surface area contributed by atoms with Crippen LogP contribution in [0, 0.1) is 23.4 Å². The van der Waals surface area contributed by atoms with Crippen LogP contribution in [0.25, 0.3) is 0 Å². The fourth-order valence-electron chi connectivity index (χ4n) is 2.85. The number of carbonyl (C=O) groups excluding carboxylic acids is 1. The molecule has 22 heavy (non-hydrogen) atoms. The molecule has 0 spiro atoms. The first-order valence-corrected chi connectivity index (χ1v) is 7.29. The van der Waals surface area contributed by atoms with Gasteiger partial charge in [-0.1, -0.05) is 0 Å². The average molecular weight is 315 g/mol. The lowest BCUT2D eigenvalue weighted by atomic mass is 9.86. The molecule has 1 fully saturated rings. The zero-order chi connectivity index (χ0) is 16.3. The summed E-state index contributed by atoms with van der Waals surface area (Å²) in [4.78, 5) is 13.2. The Bertz CT molecular complexity index is 545. The van der Waals surface area contributed by atoms with Gasteiger partial charge in [0.05, 0.1) is 6.54 Å². The van der Waals surface area contributed by atoms with Gasteiger partial charge in [-0.2, -0.15) is 0 Å². The molecule has 122 valence electrons. The molecule has 0 aliphatic carbocycles. The SMILES string of the molecule is NCC(=O)N1CCC([C@H](N)Cc2cc(F)c(F)cc2F)CC1. The summed E-state index contributed by atoms with van der Waals surface area (Å²) in [6.45, 7) is 1.11. The molecule has 4 nitrogen and oxygen atoms in total. The number of carbonyl (C=O) groups is 1. The Morgan fingerprint density at radius 2 is 1.77 bits per heavy atom. The fourth-order valence-corrected chi connectivity index (χ4v) is 2.85. The molecule has 2 rings (SSSR count). The number of likely N-dealkylation sites (tertiary alicyclic amines) is 1. The molecule has 1 aromatic rings. The predicted molar refractivity (Wildman–Crippen MR) is 76.4 cm³/mol. The van der Waals surface area contributed by atoms with E-state index in [1.807, 2.05) is 0 Å². The maximum absolute atomic E-state index is 13.6. The second-order valence-electron chi connectivity index (χ2n) is 5.65. The summed E-state index contributed by atoms with van der Waals surface area (Å²) in [5.41, 5.74) is 11.5. The van der Waals surface area contributed by atoms with Gasteiger partial charge in [0.1, 0.15) is 5.82 Å². The van der Waals surface area contributed by atoms with Gasteiger partial charge in [0, 0.05) is 25.2 Å². The van der Waals surface area contributed by atoms with Crippen LogP contribution in [0.1, 0.15) is 18.4 Å². The van der Waals surface area contributed by atoms with Gasteiger partial charge in [0.25, 0.3) is 0 Å². The van der Waals surface area contributed by atoms with Crippen LogP contribution < -0.4 is 11.5 Å². The Labute approximate surface area is 127 Å². The average Bonchev–Trinajstić information content (AvgIpc) is 2.52. The highest BCUT2D eigenvalue weighted by molar-refractivity contribution is 5.78. The van der Waals surface area contributed by atoms with E-state index in [2.05, 4.69) is 0 Å². The van der Waals surface area contributed by atoms with Gasteiger partial charge >= 0.3 is 0 Å². The molecule has 1 amide bonds. The number of amides is 1. The van der Waals surface area contributed by atoms with Crippen molar-refractivity contribution in [3.63, 3.8) is 0 Å². The van der Waals surface area contributed by atoms with Crippen LogP contribution >= 0.6 is 0 Å². The molecule has 0 saturated carbocycles. The Morgan fingerprint density at radius 1 is 1.18 bits per heavy atom. The number of halogens is 3. The molecule has 1 aromatic carbocycles. The Balaban J connectivity index is 1.95. The van der Waals surface area contributed by atoms with Crippen LogP contribution in [0.5, 0.6) is 0 Å². The fraction of sp³-hybridized carbons (Fsp3) is 0.533. The number of nitrogens with two attached hydrogens (primary N) is 2. The minimum atomic E-state index is -1.21. The van der Waals surface area contributed by atoms with Crippen molar-refractivity contribution >= 4 is 5.91 Å². The van der Waals surface area contributed by atoms with Crippen molar-refractivity contribution in [1.82, 2.24) is 4.90 Å². The van der Waals surface area contributed by atoms with Gasteiger partial charge in [0.2, 0.25) is 5.91 Å². The standard InChI is InChI=1S/C15H20F3N3O/c16-11-7-13(18)12(17)5-10(11)6-14(20)9-1-3-21(4-2-9)15(22)8-19/h5,7,9,14H,1-4,6,8,19-20H2/t14-/m1/s1. The molecule has 4 N–H and O–H groups in total. The van der Waals surface area contributed by atoms with Crippen molar-refractivity contribution in [2.45, 2.75) is 25.3 Å². The number of benzene rings is 1. The topological polar surface area (TPSA) is 72.4 Å². The van der Waals surface area contributed by atoms with Gasteiger partial charge in [-0.15, -0.1) is 0 Å². The largest absolute Gasteiger partial charge is 0.342 e. The third-order valence-corrected chi connectivity index (χ3v) is 4.22. The quantitative estimate of drug-likeness (QED) is 0.819. The maximum Gasteiger partial charge on any atom is 0.236 e. The molecule has 0 bridgehead atoms. The molecule has 7 heteroatoms. The summed E-state index contributed by atoms with van der Waals surface area (Å²) in [5, 5.41) is 0. The van der Waals surface area contributed by atoms with Gasteiger partial charge in [-0.25, -0.2) is 13.2 Å². The minimum Gasteiger partial charge on any atom is -0.342 e. The van der Waals surface area contributed by atoms with Crippen molar-refractivity contribution in [3.05, 3.63) is 35.1 Å². The van der Waals surface area contributed by atoms with Crippen molar-refractivity contribution in [2.75, 3.05) is 19.6 Å². The van der Waals surface area contributed by atoms with E-state index in [0.717, 1.165) is 6.07 Å². The van der Waals surface area contributed by atoms with Crippen LogP contribution in [0.15, 0.2) is 12.1 Å². The van der Waals surface area contributed by atoms with Crippen LogP contribution in [-0.2, 0) is 11.2 Å². The van der Waals surface area contributed by atoms with Crippen LogP contribution in [-0.4, -0.2) is 36.5 Å². The molecule has 1 saturated heterocycles. The van der Waals surface area contributed by atoms with Crippen LogP contribution in [0.3, 0.4) is 0 Å². The first kappa shape index (κ1) is 16.8. The van der Waals surface area contributed by atoms with Gasteiger partial charge in [0.15, 0.2) is 11.6 Å². The van der Waals surface area contributed by atoms with Crippen molar-refractivity contribution in [1.29, 1.82) is 0 Å². The smallest absolute Gasteiger partial charge is 0.236 e. The summed E-state index contributed by atoms with van der Waals surface area (Å²) in [7, 11) is 0. The van der Waals surface area contributed by atoms with E-state index in [-0.39, 0.29) is 36.4 Å². The molecule has 1 aliphatic rings. The third-order valence-electron chi connectivity index (χ3n) is 4.22. The molecule has 1 heterocycles. The maximum atomic E-state index is 13.6. The normalized spacial score (nSPS) is 17.6. The summed E-state index contributed by atoms with van der Waals surface area (Å²) >= 11 is 0. The second kappa shape index (κ2) is 7.11. The van der Waals surface area contributed by atoms with Crippen molar-refractivity contribution in [3.8, 4) is 0 Å². The molecular weight excluding hydrogens is 295 g/mol. The minimum absolute atomic E-state index is 0.0171. The highest BCUT2D eigenvalue weighted by Gasteiger charge is 2.27. The number of piperidine rings is 1. The van der Waals surface area contributed by atoms with Crippen LogP contribution in [0.2, 0.25) is 0 Å². The lowest BCUT2D eigenvalue weighted by Gasteiger charge is -2.34. The molecular formula is C15H20F3N3O. The molecule has 1 atom stereocenters. The highest BCUT2D eigenvalue weighted by atomic mass is 19.2. The van der Waals surface area contributed by atoms with E-state index in [1.54, 1.807) is 4.90 Å². The highest BCUT2D eigenvalue weighted by Crippen LogP contribution is 2.23. The van der Waals surface area contributed by atoms with Gasteiger partial charge < -0.3 is 16.4 Å². The third kappa shape index (κ3) is 3.78. The zero-order valence-corrected chi connectivity index (χ0v) is 12.2.